The second-order valence-corrected chi connectivity index (χ2v) is 6.71. The number of rotatable bonds is 1. The Labute approximate surface area is 139 Å². The topological polar surface area (TPSA) is 46.6 Å². The molecule has 0 spiro atoms. The lowest BCUT2D eigenvalue weighted by molar-refractivity contribution is -0.137. The summed E-state index contributed by atoms with van der Waals surface area (Å²) in [6.07, 6.45) is -1.74. The summed E-state index contributed by atoms with van der Waals surface area (Å²) in [6.45, 7) is 1.70. The Balaban J connectivity index is 1.77. The monoisotopic (exact) mass is 357 g/mol. The Morgan fingerprint density at radius 3 is 2.58 bits per heavy atom. The van der Waals surface area contributed by atoms with Crippen molar-refractivity contribution >= 4 is 29.1 Å². The molecule has 126 valence electrons. The van der Waals surface area contributed by atoms with Gasteiger partial charge in [0.2, 0.25) is 11.8 Å². The van der Waals surface area contributed by atoms with Gasteiger partial charge in [-0.2, -0.15) is 13.2 Å². The zero-order chi connectivity index (χ0) is 17.4. The minimum Gasteiger partial charge on any atom is -0.362 e. The molecule has 0 N–H and O–H groups in total. The molecule has 2 amide bonds. The number of benzene rings is 1. The first kappa shape index (κ1) is 15.7. The average molecular weight is 358 g/mol. The molecule has 1 aromatic rings. The van der Waals surface area contributed by atoms with Crippen LogP contribution in [0.2, 0.25) is 5.02 Å². The molecule has 4 rings (SSSR count). The van der Waals surface area contributed by atoms with Crippen LogP contribution in [0.1, 0.15) is 12.5 Å². The van der Waals surface area contributed by atoms with Gasteiger partial charge in [0.15, 0.2) is 0 Å². The van der Waals surface area contributed by atoms with Crippen molar-refractivity contribution in [3.05, 3.63) is 40.9 Å². The van der Waals surface area contributed by atoms with Gasteiger partial charge in [0, 0.05) is 0 Å². The van der Waals surface area contributed by atoms with E-state index < -0.39 is 52.1 Å². The van der Waals surface area contributed by atoms with E-state index in [0.717, 1.165) is 17.0 Å². The number of halogens is 4. The van der Waals surface area contributed by atoms with E-state index in [2.05, 4.69) is 0 Å². The molecule has 0 saturated carbocycles. The van der Waals surface area contributed by atoms with Crippen molar-refractivity contribution in [2.75, 3.05) is 4.90 Å². The lowest BCUT2D eigenvalue weighted by Gasteiger charge is -2.24. The second-order valence-electron chi connectivity index (χ2n) is 6.30. The predicted octanol–water partition coefficient (Wildman–Crippen LogP) is 3.19. The molecule has 3 aliphatic heterocycles. The molecule has 4 atom stereocenters. The number of ether oxygens (including phenoxy) is 1. The fourth-order valence-electron chi connectivity index (χ4n) is 3.78. The summed E-state index contributed by atoms with van der Waals surface area (Å²) < 4.78 is 44.8. The van der Waals surface area contributed by atoms with Crippen LogP contribution in [0.15, 0.2) is 30.4 Å². The Morgan fingerprint density at radius 2 is 1.96 bits per heavy atom. The number of alkyl halides is 3. The van der Waals surface area contributed by atoms with Gasteiger partial charge in [-0.05, 0) is 25.1 Å². The molecule has 4 nitrogen and oxygen atoms in total. The van der Waals surface area contributed by atoms with Gasteiger partial charge in [-0.25, -0.2) is 4.90 Å². The summed E-state index contributed by atoms with van der Waals surface area (Å²) in [6, 6.07) is 3.02. The van der Waals surface area contributed by atoms with Crippen LogP contribution in [0, 0.1) is 11.8 Å². The highest BCUT2D eigenvalue weighted by atomic mass is 35.5. The fraction of sp³-hybridized carbons (Fsp3) is 0.375. The van der Waals surface area contributed by atoms with E-state index in [0.29, 0.717) is 0 Å². The van der Waals surface area contributed by atoms with Gasteiger partial charge in [0.05, 0.1) is 39.8 Å². The molecule has 1 aromatic carbocycles. The summed E-state index contributed by atoms with van der Waals surface area (Å²) in [5, 5.41) is -0.484. The Morgan fingerprint density at radius 1 is 1.25 bits per heavy atom. The van der Waals surface area contributed by atoms with E-state index in [9.17, 15) is 22.8 Å². The maximum Gasteiger partial charge on any atom is 0.417 e. The van der Waals surface area contributed by atoms with Crippen molar-refractivity contribution in [1.29, 1.82) is 0 Å². The minimum atomic E-state index is -4.68. The van der Waals surface area contributed by atoms with Crippen LogP contribution in [-0.2, 0) is 20.5 Å². The Bertz CT molecular complexity index is 806. The standard InChI is InChI=1S/C16H11ClF3NO3/c1-15-5-4-10(24-15)11-12(15)14(23)21(13(11)22)7-2-3-9(17)8(6-7)16(18,19)20/h2-6,10-12H,1H3/t10-,11+,12-,15-/m1/s1. The van der Waals surface area contributed by atoms with Crippen molar-refractivity contribution in [3.8, 4) is 0 Å². The zero-order valence-electron chi connectivity index (χ0n) is 12.3. The first-order valence-corrected chi connectivity index (χ1v) is 7.63. The van der Waals surface area contributed by atoms with E-state index in [1.54, 1.807) is 19.1 Å². The first-order valence-electron chi connectivity index (χ1n) is 7.25. The third-order valence-corrected chi connectivity index (χ3v) is 5.17. The number of anilines is 1. The summed E-state index contributed by atoms with van der Waals surface area (Å²) in [5.41, 5.74) is -2.10. The molecule has 24 heavy (non-hydrogen) atoms. The van der Waals surface area contributed by atoms with E-state index in [1.165, 1.54) is 6.07 Å². The smallest absolute Gasteiger partial charge is 0.362 e. The molecule has 0 unspecified atom stereocenters. The highest BCUT2D eigenvalue weighted by Gasteiger charge is 2.66. The molecule has 3 aliphatic rings. The molecule has 0 aliphatic carbocycles. The maximum atomic E-state index is 13.0. The summed E-state index contributed by atoms with van der Waals surface area (Å²) >= 11 is 5.60. The van der Waals surface area contributed by atoms with Gasteiger partial charge in [-0.15, -0.1) is 0 Å². The van der Waals surface area contributed by atoms with E-state index in [1.807, 2.05) is 0 Å². The van der Waals surface area contributed by atoms with Crippen LogP contribution < -0.4 is 4.90 Å². The number of hydrogen-bond donors (Lipinski definition) is 0. The summed E-state index contributed by atoms with van der Waals surface area (Å²) in [7, 11) is 0. The third-order valence-electron chi connectivity index (χ3n) is 4.84. The molecule has 2 fully saturated rings. The highest BCUT2D eigenvalue weighted by Crippen LogP contribution is 2.52. The predicted molar refractivity (Wildman–Crippen MR) is 78.3 cm³/mol. The maximum absolute atomic E-state index is 13.0. The number of nitrogens with zero attached hydrogens (tertiary/aromatic N) is 1. The first-order chi connectivity index (χ1) is 11.1. The van der Waals surface area contributed by atoms with Crippen LogP contribution in [0.4, 0.5) is 18.9 Å². The molecule has 0 aromatic heterocycles. The van der Waals surface area contributed by atoms with E-state index >= 15 is 0 Å². The Kier molecular flexibility index (Phi) is 3.01. The Hall–Kier alpha value is -1.86. The van der Waals surface area contributed by atoms with Crippen LogP contribution >= 0.6 is 11.6 Å². The summed E-state index contributed by atoms with van der Waals surface area (Å²) in [4.78, 5) is 26.2. The molecular weight excluding hydrogens is 347 g/mol. The minimum absolute atomic E-state index is 0.126. The number of amides is 2. The van der Waals surface area contributed by atoms with Gasteiger partial charge in [0.25, 0.3) is 0 Å². The second kappa shape index (κ2) is 4.61. The largest absolute Gasteiger partial charge is 0.417 e. The zero-order valence-corrected chi connectivity index (χ0v) is 13.1. The third kappa shape index (κ3) is 1.91. The van der Waals surface area contributed by atoms with Crippen molar-refractivity contribution in [3.63, 3.8) is 0 Å². The van der Waals surface area contributed by atoms with Gasteiger partial charge < -0.3 is 4.74 Å². The molecule has 0 radical (unpaired) electrons. The summed E-state index contributed by atoms with van der Waals surface area (Å²) in [5.74, 6) is -2.50. The van der Waals surface area contributed by atoms with E-state index in [4.69, 9.17) is 16.3 Å². The molecule has 8 heteroatoms. The number of carbonyl (C=O) groups is 2. The SMILES string of the molecule is C[C@]12C=C[C@@H](O1)[C@@H]1C(=O)N(c3ccc(Cl)c(C(F)(F)F)c3)C(=O)[C@@H]12. The van der Waals surface area contributed by atoms with Gasteiger partial charge in [-0.1, -0.05) is 23.8 Å². The van der Waals surface area contributed by atoms with Crippen LogP contribution in [-0.4, -0.2) is 23.5 Å². The average Bonchev–Trinajstić information content (AvgIpc) is 3.08. The highest BCUT2D eigenvalue weighted by molar-refractivity contribution is 6.31. The normalized spacial score (nSPS) is 34.4. The quantitative estimate of drug-likeness (QED) is 0.573. The van der Waals surface area contributed by atoms with Crippen molar-refractivity contribution in [2.24, 2.45) is 11.8 Å². The molecule has 2 bridgehead atoms. The van der Waals surface area contributed by atoms with Crippen LogP contribution in [0.3, 0.4) is 0 Å². The van der Waals surface area contributed by atoms with Crippen molar-refractivity contribution < 1.29 is 27.5 Å². The lowest BCUT2D eigenvalue weighted by Crippen LogP contribution is -2.38. The molecular formula is C16H11ClF3NO3. The number of carbonyl (C=O) groups excluding carboxylic acids is 2. The fourth-order valence-corrected chi connectivity index (χ4v) is 4.00. The molecule has 3 heterocycles. The lowest BCUT2D eigenvalue weighted by atomic mass is 9.78. The molecule has 2 saturated heterocycles. The van der Waals surface area contributed by atoms with Gasteiger partial charge >= 0.3 is 6.18 Å². The number of fused-ring (bicyclic) bond motifs is 5. The van der Waals surface area contributed by atoms with Gasteiger partial charge in [0.1, 0.15) is 0 Å². The van der Waals surface area contributed by atoms with Gasteiger partial charge in [-0.3, -0.25) is 9.59 Å². The van der Waals surface area contributed by atoms with Crippen LogP contribution in [0.25, 0.3) is 0 Å². The van der Waals surface area contributed by atoms with Crippen LogP contribution in [0.5, 0.6) is 0 Å². The number of hydrogen-bond acceptors (Lipinski definition) is 3. The number of imide groups is 1. The van der Waals surface area contributed by atoms with Crippen molar-refractivity contribution in [1.82, 2.24) is 0 Å². The van der Waals surface area contributed by atoms with Crippen molar-refractivity contribution in [2.45, 2.75) is 24.8 Å². The van der Waals surface area contributed by atoms with E-state index in [-0.39, 0.29) is 5.69 Å².